The second-order valence-corrected chi connectivity index (χ2v) is 6.85. The topological polar surface area (TPSA) is 88.5 Å². The summed E-state index contributed by atoms with van der Waals surface area (Å²) >= 11 is 1.37. The van der Waals surface area contributed by atoms with Crippen molar-refractivity contribution < 1.29 is 19.4 Å². The number of carbonyl (C=O) groups excluding carboxylic acids is 1. The molecule has 0 aliphatic carbocycles. The van der Waals surface area contributed by atoms with Crippen molar-refractivity contribution in [2.24, 2.45) is 0 Å². The molecular weight excluding hydrogens is 340 g/mol. The first-order valence-corrected chi connectivity index (χ1v) is 9.13. The fraction of sp³-hybridized carbons (Fsp3) is 0.389. The van der Waals surface area contributed by atoms with E-state index in [-0.39, 0.29) is 18.2 Å². The molecule has 2 N–H and O–H groups in total. The number of amides is 1. The minimum Gasteiger partial charge on any atom is -0.479 e. The second-order valence-electron chi connectivity index (χ2n) is 5.96. The van der Waals surface area contributed by atoms with Gasteiger partial charge in [-0.3, -0.25) is 4.79 Å². The molecule has 1 amide bonds. The van der Waals surface area contributed by atoms with Crippen molar-refractivity contribution >= 4 is 23.2 Å². The SMILES string of the molecule is CCC(NC(=O)c1csc(C2CCCO2)n1)(C(=O)O)c1ccccc1. The van der Waals surface area contributed by atoms with Crippen LogP contribution in [0.1, 0.15) is 53.3 Å². The minimum absolute atomic E-state index is 0.0592. The molecule has 0 bridgehead atoms. The molecular formula is C18H20N2O4S. The quantitative estimate of drug-likeness (QED) is 0.826. The number of rotatable bonds is 6. The van der Waals surface area contributed by atoms with E-state index in [1.165, 1.54) is 11.3 Å². The Balaban J connectivity index is 1.84. The summed E-state index contributed by atoms with van der Waals surface area (Å²) in [6.45, 7) is 2.44. The van der Waals surface area contributed by atoms with E-state index in [1.54, 1.807) is 36.6 Å². The predicted octanol–water partition coefficient (Wildman–Crippen LogP) is 3.11. The first kappa shape index (κ1) is 17.6. The number of hydrogen-bond acceptors (Lipinski definition) is 5. The van der Waals surface area contributed by atoms with Gasteiger partial charge in [0, 0.05) is 12.0 Å². The third kappa shape index (κ3) is 3.43. The van der Waals surface area contributed by atoms with Crippen molar-refractivity contribution in [1.29, 1.82) is 0 Å². The summed E-state index contributed by atoms with van der Waals surface area (Å²) in [5.41, 5.74) is -0.718. The first-order chi connectivity index (χ1) is 12.1. The van der Waals surface area contributed by atoms with Crippen LogP contribution in [0.25, 0.3) is 0 Å². The Hall–Kier alpha value is -2.25. The molecule has 2 unspecified atom stereocenters. The third-order valence-corrected chi connectivity index (χ3v) is 5.39. The Morgan fingerprint density at radius 1 is 1.40 bits per heavy atom. The second kappa shape index (κ2) is 7.33. The van der Waals surface area contributed by atoms with E-state index < -0.39 is 17.4 Å². The van der Waals surface area contributed by atoms with E-state index in [0.717, 1.165) is 17.8 Å². The summed E-state index contributed by atoms with van der Waals surface area (Å²) in [7, 11) is 0. The lowest BCUT2D eigenvalue weighted by molar-refractivity contribution is -0.145. The van der Waals surface area contributed by atoms with E-state index in [2.05, 4.69) is 10.3 Å². The highest BCUT2D eigenvalue weighted by molar-refractivity contribution is 7.09. The number of hydrogen-bond donors (Lipinski definition) is 2. The maximum absolute atomic E-state index is 12.7. The summed E-state index contributed by atoms with van der Waals surface area (Å²) in [6.07, 6.45) is 2.04. The van der Waals surface area contributed by atoms with Crippen LogP contribution >= 0.6 is 11.3 Å². The van der Waals surface area contributed by atoms with Crippen molar-refractivity contribution in [2.45, 2.75) is 37.8 Å². The molecule has 1 aromatic heterocycles. The number of aliphatic carboxylic acids is 1. The summed E-state index contributed by atoms with van der Waals surface area (Å²) in [4.78, 5) is 29.0. The average Bonchev–Trinajstić information content (AvgIpc) is 3.31. The maximum Gasteiger partial charge on any atom is 0.334 e. The first-order valence-electron chi connectivity index (χ1n) is 8.25. The Kier molecular flexibility index (Phi) is 5.15. The summed E-state index contributed by atoms with van der Waals surface area (Å²) in [5, 5.41) is 14.9. The molecule has 1 fully saturated rings. The van der Waals surface area contributed by atoms with Crippen LogP contribution in [0.2, 0.25) is 0 Å². The van der Waals surface area contributed by atoms with Crippen LogP contribution in [0, 0.1) is 0 Å². The van der Waals surface area contributed by atoms with Gasteiger partial charge in [-0.1, -0.05) is 37.3 Å². The molecule has 1 aliphatic rings. The molecule has 2 heterocycles. The van der Waals surface area contributed by atoms with Gasteiger partial charge in [0.25, 0.3) is 5.91 Å². The van der Waals surface area contributed by atoms with Crippen molar-refractivity contribution in [2.75, 3.05) is 6.61 Å². The highest BCUT2D eigenvalue weighted by atomic mass is 32.1. The number of nitrogens with zero attached hydrogens (tertiary/aromatic N) is 1. The summed E-state index contributed by atoms with van der Waals surface area (Å²) in [6, 6.07) is 8.73. The lowest BCUT2D eigenvalue weighted by atomic mass is 9.87. The molecule has 2 atom stereocenters. The highest BCUT2D eigenvalue weighted by Crippen LogP contribution is 2.31. The molecule has 6 nitrogen and oxygen atoms in total. The van der Waals surface area contributed by atoms with Gasteiger partial charge < -0.3 is 15.2 Å². The van der Waals surface area contributed by atoms with Gasteiger partial charge in [-0.05, 0) is 24.8 Å². The molecule has 25 heavy (non-hydrogen) atoms. The number of thiazole rings is 1. The van der Waals surface area contributed by atoms with Crippen LogP contribution in [0.4, 0.5) is 0 Å². The number of benzene rings is 1. The molecule has 0 saturated carbocycles. The van der Waals surface area contributed by atoms with Crippen molar-refractivity contribution in [3.05, 3.63) is 52.0 Å². The zero-order valence-corrected chi connectivity index (χ0v) is 14.7. The lowest BCUT2D eigenvalue weighted by Gasteiger charge is -2.29. The van der Waals surface area contributed by atoms with E-state index in [1.807, 2.05) is 6.07 Å². The smallest absolute Gasteiger partial charge is 0.334 e. The highest BCUT2D eigenvalue weighted by Gasteiger charge is 2.40. The molecule has 0 spiro atoms. The molecule has 0 radical (unpaired) electrons. The lowest BCUT2D eigenvalue weighted by Crippen LogP contribution is -2.51. The van der Waals surface area contributed by atoms with Crippen molar-refractivity contribution in [3.8, 4) is 0 Å². The van der Waals surface area contributed by atoms with Crippen LogP contribution in [0.5, 0.6) is 0 Å². The number of carbonyl (C=O) groups is 2. The Labute approximate surface area is 149 Å². The molecule has 2 aromatic rings. The Morgan fingerprint density at radius 2 is 2.16 bits per heavy atom. The fourth-order valence-electron chi connectivity index (χ4n) is 2.99. The molecule has 1 saturated heterocycles. The average molecular weight is 360 g/mol. The van der Waals surface area contributed by atoms with Crippen LogP contribution in [0.15, 0.2) is 35.7 Å². The Bertz CT molecular complexity index is 755. The number of ether oxygens (including phenoxy) is 1. The van der Waals surface area contributed by atoms with Gasteiger partial charge in [-0.25, -0.2) is 9.78 Å². The van der Waals surface area contributed by atoms with Crippen molar-refractivity contribution in [3.63, 3.8) is 0 Å². The number of carboxylic acid groups (broad SMARTS) is 1. The molecule has 1 aromatic carbocycles. The monoisotopic (exact) mass is 360 g/mol. The summed E-state index contributed by atoms with van der Waals surface area (Å²) < 4.78 is 5.58. The molecule has 132 valence electrons. The van der Waals surface area contributed by atoms with Gasteiger partial charge in [0.05, 0.1) is 0 Å². The zero-order chi connectivity index (χ0) is 17.9. The minimum atomic E-state index is -1.48. The molecule has 1 aliphatic heterocycles. The van der Waals surface area contributed by atoms with Gasteiger partial charge in [0.1, 0.15) is 16.8 Å². The van der Waals surface area contributed by atoms with E-state index in [9.17, 15) is 14.7 Å². The van der Waals surface area contributed by atoms with E-state index >= 15 is 0 Å². The standard InChI is InChI=1S/C18H20N2O4S/c1-2-18(17(22)23,12-7-4-3-5-8-12)20-15(21)13-11-25-16(19-13)14-9-6-10-24-14/h3-5,7-8,11,14H,2,6,9-10H2,1H3,(H,20,21)(H,22,23). The predicted molar refractivity (Wildman–Crippen MR) is 93.6 cm³/mol. The van der Waals surface area contributed by atoms with E-state index in [4.69, 9.17) is 4.74 Å². The third-order valence-electron chi connectivity index (χ3n) is 4.45. The van der Waals surface area contributed by atoms with Gasteiger partial charge in [-0.2, -0.15) is 0 Å². The zero-order valence-electron chi connectivity index (χ0n) is 13.9. The largest absolute Gasteiger partial charge is 0.479 e. The number of aromatic nitrogens is 1. The molecule has 7 heteroatoms. The van der Waals surface area contributed by atoms with Crippen LogP contribution in [-0.2, 0) is 15.1 Å². The fourth-order valence-corrected chi connectivity index (χ4v) is 3.87. The maximum atomic E-state index is 12.7. The van der Waals surface area contributed by atoms with Crippen LogP contribution in [0.3, 0.4) is 0 Å². The van der Waals surface area contributed by atoms with Gasteiger partial charge in [0.2, 0.25) is 0 Å². The Morgan fingerprint density at radius 3 is 2.76 bits per heavy atom. The van der Waals surface area contributed by atoms with Crippen LogP contribution in [-0.4, -0.2) is 28.6 Å². The number of carboxylic acids is 1. The number of nitrogens with one attached hydrogen (secondary N) is 1. The van der Waals surface area contributed by atoms with Gasteiger partial charge in [0.15, 0.2) is 5.54 Å². The molecule has 3 rings (SSSR count). The summed E-state index contributed by atoms with van der Waals surface area (Å²) in [5.74, 6) is -1.59. The normalized spacial score (nSPS) is 19.3. The van der Waals surface area contributed by atoms with Crippen molar-refractivity contribution in [1.82, 2.24) is 10.3 Å². The van der Waals surface area contributed by atoms with Gasteiger partial charge >= 0.3 is 5.97 Å². The van der Waals surface area contributed by atoms with Crippen LogP contribution < -0.4 is 5.32 Å². The van der Waals surface area contributed by atoms with E-state index in [0.29, 0.717) is 12.2 Å². The van der Waals surface area contributed by atoms with Gasteiger partial charge in [-0.15, -0.1) is 11.3 Å².